The number of aryl methyl sites for hydroxylation is 1. The van der Waals surface area contributed by atoms with Gasteiger partial charge in [0.1, 0.15) is 5.54 Å². The zero-order valence-electron chi connectivity index (χ0n) is 11.4. The molecule has 98 valence electrons. The number of anilines is 1. The van der Waals surface area contributed by atoms with E-state index in [2.05, 4.69) is 19.2 Å². The summed E-state index contributed by atoms with van der Waals surface area (Å²) in [6, 6.07) is 8.08. The highest BCUT2D eigenvalue weighted by molar-refractivity contribution is 5.89. The van der Waals surface area contributed by atoms with Gasteiger partial charge in [0, 0.05) is 5.69 Å². The average molecular weight is 246 g/mol. The highest BCUT2D eigenvalue weighted by Gasteiger charge is 2.49. The van der Waals surface area contributed by atoms with Crippen molar-refractivity contribution in [2.24, 2.45) is 17.6 Å². The van der Waals surface area contributed by atoms with Gasteiger partial charge in [-0.1, -0.05) is 31.5 Å². The Morgan fingerprint density at radius 3 is 2.33 bits per heavy atom. The second-order valence-corrected chi connectivity index (χ2v) is 5.85. The summed E-state index contributed by atoms with van der Waals surface area (Å²) in [6.45, 7) is 6.44. The van der Waals surface area contributed by atoms with Gasteiger partial charge >= 0.3 is 0 Å². The van der Waals surface area contributed by atoms with Crippen LogP contribution >= 0.6 is 0 Å². The number of hydrogen-bond acceptors (Lipinski definition) is 2. The molecule has 1 aromatic carbocycles. The minimum absolute atomic E-state index is 0.236. The molecule has 0 unspecified atom stereocenters. The summed E-state index contributed by atoms with van der Waals surface area (Å²) in [7, 11) is 0. The van der Waals surface area contributed by atoms with Crippen molar-refractivity contribution in [1.82, 2.24) is 0 Å². The van der Waals surface area contributed by atoms with Crippen LogP contribution in [0, 0.1) is 18.8 Å². The zero-order valence-corrected chi connectivity index (χ0v) is 11.4. The number of nitrogens with two attached hydrogens (primary N) is 1. The maximum atomic E-state index is 11.7. The minimum Gasteiger partial charge on any atom is -0.371 e. The molecule has 1 aliphatic carbocycles. The molecule has 3 heteroatoms. The molecular weight excluding hydrogens is 224 g/mol. The first-order valence-electron chi connectivity index (χ1n) is 6.58. The molecule has 3 nitrogen and oxygen atoms in total. The monoisotopic (exact) mass is 246 g/mol. The highest BCUT2D eigenvalue weighted by atomic mass is 16.1. The van der Waals surface area contributed by atoms with Crippen molar-refractivity contribution in [3.8, 4) is 0 Å². The lowest BCUT2D eigenvalue weighted by Crippen LogP contribution is -2.60. The predicted molar refractivity (Wildman–Crippen MR) is 74.3 cm³/mol. The molecule has 1 aliphatic rings. The van der Waals surface area contributed by atoms with Gasteiger partial charge in [0.2, 0.25) is 5.91 Å². The van der Waals surface area contributed by atoms with E-state index in [-0.39, 0.29) is 5.91 Å². The predicted octanol–water partition coefficient (Wildman–Crippen LogP) is 2.70. The summed E-state index contributed by atoms with van der Waals surface area (Å²) >= 11 is 0. The van der Waals surface area contributed by atoms with E-state index < -0.39 is 5.54 Å². The fraction of sp³-hybridized carbons (Fsp3) is 0.533. The smallest absolute Gasteiger partial charge is 0.243 e. The third kappa shape index (κ3) is 2.35. The summed E-state index contributed by atoms with van der Waals surface area (Å²) < 4.78 is 0. The molecular formula is C15H22N2O. The third-order valence-corrected chi connectivity index (χ3v) is 4.07. The largest absolute Gasteiger partial charge is 0.371 e. The van der Waals surface area contributed by atoms with E-state index in [9.17, 15) is 4.79 Å². The van der Waals surface area contributed by atoms with Gasteiger partial charge < -0.3 is 11.1 Å². The van der Waals surface area contributed by atoms with Crippen LogP contribution in [0.4, 0.5) is 5.69 Å². The average Bonchev–Trinajstić information content (AvgIpc) is 2.24. The van der Waals surface area contributed by atoms with Crippen LogP contribution in [0.2, 0.25) is 0 Å². The van der Waals surface area contributed by atoms with E-state index >= 15 is 0 Å². The number of benzene rings is 1. The molecule has 2 rings (SSSR count). The summed E-state index contributed by atoms with van der Waals surface area (Å²) in [5.74, 6) is 0.965. The molecule has 0 aromatic heterocycles. The molecule has 0 radical (unpaired) electrons. The van der Waals surface area contributed by atoms with E-state index in [0.29, 0.717) is 11.8 Å². The lowest BCUT2D eigenvalue weighted by atomic mass is 9.63. The molecule has 3 N–H and O–H groups in total. The quantitative estimate of drug-likeness (QED) is 0.858. The molecule has 0 atom stereocenters. The highest BCUT2D eigenvalue weighted by Crippen LogP contribution is 2.44. The number of hydrogen-bond donors (Lipinski definition) is 2. The Bertz CT molecular complexity index is 430. The van der Waals surface area contributed by atoms with Crippen molar-refractivity contribution in [3.63, 3.8) is 0 Å². The number of carbonyl (C=O) groups is 1. The second-order valence-electron chi connectivity index (χ2n) is 5.85. The number of rotatable bonds is 4. The van der Waals surface area contributed by atoms with Crippen molar-refractivity contribution < 1.29 is 4.79 Å². The summed E-state index contributed by atoms with van der Waals surface area (Å²) in [5.41, 5.74) is 7.22. The summed E-state index contributed by atoms with van der Waals surface area (Å²) in [5, 5.41) is 3.33. The fourth-order valence-corrected chi connectivity index (χ4v) is 2.58. The van der Waals surface area contributed by atoms with Gasteiger partial charge in [-0.05, 0) is 43.7 Å². The van der Waals surface area contributed by atoms with Crippen molar-refractivity contribution in [3.05, 3.63) is 29.8 Å². The zero-order chi connectivity index (χ0) is 13.3. The lowest BCUT2D eigenvalue weighted by Gasteiger charge is -2.48. The molecule has 1 fully saturated rings. The molecule has 1 saturated carbocycles. The van der Waals surface area contributed by atoms with Crippen LogP contribution in [0.3, 0.4) is 0 Å². The SMILES string of the molecule is Cc1ccc(NC2(C(N)=O)CC(C(C)C)C2)cc1. The summed E-state index contributed by atoms with van der Waals surface area (Å²) in [4.78, 5) is 11.7. The Morgan fingerprint density at radius 2 is 1.89 bits per heavy atom. The minimum atomic E-state index is -0.538. The number of amides is 1. The standard InChI is InChI=1S/C15H22N2O/c1-10(2)12-8-15(9-12,14(16)18)17-13-6-4-11(3)5-7-13/h4-7,10,12,17H,8-9H2,1-3H3,(H2,16,18). The second kappa shape index (κ2) is 4.63. The Hall–Kier alpha value is -1.51. The first-order valence-corrected chi connectivity index (χ1v) is 6.58. The molecule has 18 heavy (non-hydrogen) atoms. The van der Waals surface area contributed by atoms with Gasteiger partial charge in [-0.15, -0.1) is 0 Å². The number of nitrogens with one attached hydrogen (secondary N) is 1. The van der Waals surface area contributed by atoms with Crippen molar-refractivity contribution in [2.45, 2.75) is 39.2 Å². The molecule has 0 saturated heterocycles. The topological polar surface area (TPSA) is 55.1 Å². The maximum Gasteiger partial charge on any atom is 0.243 e. The van der Waals surface area contributed by atoms with Gasteiger partial charge in [0.25, 0.3) is 0 Å². The summed E-state index contributed by atoms with van der Waals surface area (Å²) in [6.07, 6.45) is 1.68. The van der Waals surface area contributed by atoms with E-state index in [1.54, 1.807) is 0 Å². The van der Waals surface area contributed by atoms with Crippen molar-refractivity contribution in [1.29, 1.82) is 0 Å². The fourth-order valence-electron chi connectivity index (χ4n) is 2.58. The van der Waals surface area contributed by atoms with E-state index in [1.165, 1.54) is 5.56 Å². The van der Waals surface area contributed by atoms with Gasteiger partial charge in [0.15, 0.2) is 0 Å². The van der Waals surface area contributed by atoms with Crippen LogP contribution < -0.4 is 11.1 Å². The van der Waals surface area contributed by atoms with Crippen LogP contribution in [0.5, 0.6) is 0 Å². The normalized spacial score (nSPS) is 26.8. The van der Waals surface area contributed by atoms with E-state index in [0.717, 1.165) is 18.5 Å². The Kier molecular flexibility index (Phi) is 3.33. The van der Waals surface area contributed by atoms with E-state index in [4.69, 9.17) is 5.73 Å². The molecule has 1 aromatic rings. The Morgan fingerprint density at radius 1 is 1.33 bits per heavy atom. The molecule has 0 bridgehead atoms. The van der Waals surface area contributed by atoms with Gasteiger partial charge in [-0.2, -0.15) is 0 Å². The third-order valence-electron chi connectivity index (χ3n) is 4.07. The van der Waals surface area contributed by atoms with Gasteiger partial charge in [-0.25, -0.2) is 0 Å². The first kappa shape index (κ1) is 12.9. The molecule has 0 aliphatic heterocycles. The maximum absolute atomic E-state index is 11.7. The number of carbonyl (C=O) groups excluding carboxylic acids is 1. The van der Waals surface area contributed by atoms with E-state index in [1.807, 2.05) is 31.2 Å². The van der Waals surface area contributed by atoms with Crippen LogP contribution in [0.25, 0.3) is 0 Å². The van der Waals surface area contributed by atoms with Crippen LogP contribution in [-0.2, 0) is 4.79 Å². The Balaban J connectivity index is 2.09. The lowest BCUT2D eigenvalue weighted by molar-refractivity contribution is -0.127. The first-order chi connectivity index (χ1) is 8.43. The molecule has 0 heterocycles. The van der Waals surface area contributed by atoms with Crippen LogP contribution in [0.15, 0.2) is 24.3 Å². The van der Waals surface area contributed by atoms with Crippen molar-refractivity contribution in [2.75, 3.05) is 5.32 Å². The number of primary amides is 1. The van der Waals surface area contributed by atoms with Crippen LogP contribution in [0.1, 0.15) is 32.3 Å². The Labute approximate surface area is 109 Å². The van der Waals surface area contributed by atoms with Gasteiger partial charge in [0.05, 0.1) is 0 Å². The van der Waals surface area contributed by atoms with Crippen molar-refractivity contribution >= 4 is 11.6 Å². The van der Waals surface area contributed by atoms with Crippen LogP contribution in [-0.4, -0.2) is 11.4 Å². The van der Waals surface area contributed by atoms with Gasteiger partial charge in [-0.3, -0.25) is 4.79 Å². The molecule has 0 spiro atoms. The molecule has 1 amide bonds.